The molecule has 0 spiro atoms. The van der Waals surface area contributed by atoms with Gasteiger partial charge in [-0.05, 0) is 25.3 Å². The molecule has 1 N–H and O–H groups in total. The van der Waals surface area contributed by atoms with Gasteiger partial charge in [0.15, 0.2) is 0 Å². The van der Waals surface area contributed by atoms with Crippen molar-refractivity contribution in [1.82, 2.24) is 4.31 Å². The SMILES string of the molecule is CC(c1ccccc1)S(=O)(=O)N1CCCC1C(=O)O. The lowest BCUT2D eigenvalue weighted by Crippen LogP contribution is -2.42. The number of hydrogen-bond donors (Lipinski definition) is 1. The average Bonchev–Trinajstić information content (AvgIpc) is 2.89. The lowest BCUT2D eigenvalue weighted by atomic mass is 10.2. The first-order valence-electron chi connectivity index (χ1n) is 6.23. The van der Waals surface area contributed by atoms with Crippen LogP contribution in [0.3, 0.4) is 0 Å². The molecule has 0 aliphatic carbocycles. The molecule has 1 aliphatic heterocycles. The zero-order chi connectivity index (χ0) is 14.0. The monoisotopic (exact) mass is 283 g/mol. The highest BCUT2D eigenvalue weighted by Crippen LogP contribution is 2.30. The minimum Gasteiger partial charge on any atom is -0.480 e. The van der Waals surface area contributed by atoms with E-state index in [4.69, 9.17) is 5.11 Å². The first kappa shape index (κ1) is 14.0. The summed E-state index contributed by atoms with van der Waals surface area (Å²) in [5.41, 5.74) is 0.679. The van der Waals surface area contributed by atoms with Crippen molar-refractivity contribution in [2.24, 2.45) is 0 Å². The number of aliphatic carboxylic acids is 1. The fraction of sp³-hybridized carbons (Fsp3) is 0.462. The molecular formula is C13H17NO4S. The number of carbonyl (C=O) groups is 1. The highest BCUT2D eigenvalue weighted by Gasteiger charge is 2.41. The molecule has 1 fully saturated rings. The lowest BCUT2D eigenvalue weighted by molar-refractivity contribution is -0.140. The molecule has 0 amide bonds. The van der Waals surface area contributed by atoms with Crippen molar-refractivity contribution in [3.8, 4) is 0 Å². The summed E-state index contributed by atoms with van der Waals surface area (Å²) >= 11 is 0. The molecule has 1 aliphatic rings. The Balaban J connectivity index is 2.30. The summed E-state index contributed by atoms with van der Waals surface area (Å²) in [5, 5.41) is 8.37. The Kier molecular flexibility index (Phi) is 3.91. The van der Waals surface area contributed by atoms with E-state index in [0.717, 1.165) is 4.31 Å². The zero-order valence-electron chi connectivity index (χ0n) is 10.7. The highest BCUT2D eigenvalue weighted by atomic mass is 32.2. The van der Waals surface area contributed by atoms with E-state index in [-0.39, 0.29) is 6.54 Å². The van der Waals surface area contributed by atoms with Crippen LogP contribution in [0.15, 0.2) is 30.3 Å². The van der Waals surface area contributed by atoms with E-state index in [0.29, 0.717) is 18.4 Å². The quantitative estimate of drug-likeness (QED) is 0.911. The van der Waals surface area contributed by atoms with Crippen LogP contribution in [-0.2, 0) is 14.8 Å². The summed E-state index contributed by atoms with van der Waals surface area (Å²) in [6.07, 6.45) is 0.980. The van der Waals surface area contributed by atoms with Gasteiger partial charge in [-0.1, -0.05) is 30.3 Å². The van der Waals surface area contributed by atoms with Crippen LogP contribution < -0.4 is 0 Å². The second kappa shape index (κ2) is 5.30. The van der Waals surface area contributed by atoms with E-state index in [2.05, 4.69) is 0 Å². The Morgan fingerprint density at radius 1 is 1.37 bits per heavy atom. The topological polar surface area (TPSA) is 74.7 Å². The fourth-order valence-corrected chi connectivity index (χ4v) is 4.23. The molecule has 1 aromatic carbocycles. The Hall–Kier alpha value is -1.40. The third-order valence-electron chi connectivity index (χ3n) is 3.53. The number of rotatable bonds is 4. The number of carboxylic acid groups (broad SMARTS) is 1. The zero-order valence-corrected chi connectivity index (χ0v) is 11.5. The average molecular weight is 283 g/mol. The van der Waals surface area contributed by atoms with Gasteiger partial charge in [0.2, 0.25) is 10.0 Å². The molecular weight excluding hydrogens is 266 g/mol. The first-order chi connectivity index (χ1) is 8.94. The van der Waals surface area contributed by atoms with Crippen molar-refractivity contribution in [3.63, 3.8) is 0 Å². The first-order valence-corrected chi connectivity index (χ1v) is 7.73. The minimum atomic E-state index is -3.63. The molecule has 0 bridgehead atoms. The van der Waals surface area contributed by atoms with Crippen molar-refractivity contribution in [3.05, 3.63) is 35.9 Å². The Morgan fingerprint density at radius 2 is 2.00 bits per heavy atom. The van der Waals surface area contributed by atoms with Crippen LogP contribution in [0.25, 0.3) is 0 Å². The maximum absolute atomic E-state index is 12.5. The van der Waals surface area contributed by atoms with Crippen LogP contribution in [0.2, 0.25) is 0 Å². The summed E-state index contributed by atoms with van der Waals surface area (Å²) in [7, 11) is -3.63. The predicted octanol–water partition coefficient (Wildman–Crippen LogP) is 1.63. The van der Waals surface area contributed by atoms with Gasteiger partial charge in [-0.25, -0.2) is 8.42 Å². The third kappa shape index (κ3) is 2.64. The predicted molar refractivity (Wildman–Crippen MR) is 71.1 cm³/mol. The van der Waals surface area contributed by atoms with Crippen LogP contribution >= 0.6 is 0 Å². The van der Waals surface area contributed by atoms with E-state index in [1.54, 1.807) is 31.2 Å². The molecule has 0 saturated carbocycles. The summed E-state index contributed by atoms with van der Waals surface area (Å²) in [4.78, 5) is 11.1. The Morgan fingerprint density at radius 3 is 2.58 bits per heavy atom. The molecule has 5 nitrogen and oxygen atoms in total. The van der Waals surface area contributed by atoms with Crippen LogP contribution in [0.4, 0.5) is 0 Å². The van der Waals surface area contributed by atoms with Gasteiger partial charge in [0.1, 0.15) is 6.04 Å². The molecule has 2 rings (SSSR count). The summed E-state index contributed by atoms with van der Waals surface area (Å²) in [5.74, 6) is -1.07. The van der Waals surface area contributed by atoms with Gasteiger partial charge in [-0.15, -0.1) is 0 Å². The van der Waals surface area contributed by atoms with Gasteiger partial charge in [0, 0.05) is 6.54 Å². The summed E-state index contributed by atoms with van der Waals surface area (Å²) < 4.78 is 26.2. The van der Waals surface area contributed by atoms with Crippen molar-refractivity contribution in [2.75, 3.05) is 6.54 Å². The lowest BCUT2D eigenvalue weighted by Gasteiger charge is -2.25. The van der Waals surface area contributed by atoms with E-state index in [1.807, 2.05) is 6.07 Å². The van der Waals surface area contributed by atoms with Gasteiger partial charge in [-0.3, -0.25) is 4.79 Å². The number of carboxylic acids is 1. The van der Waals surface area contributed by atoms with Crippen molar-refractivity contribution >= 4 is 16.0 Å². The molecule has 6 heteroatoms. The second-order valence-electron chi connectivity index (χ2n) is 4.70. The standard InChI is InChI=1S/C13H17NO4S/c1-10(11-6-3-2-4-7-11)19(17,18)14-9-5-8-12(14)13(15)16/h2-4,6-7,10,12H,5,8-9H2,1H3,(H,15,16). The van der Waals surface area contributed by atoms with E-state index < -0.39 is 27.3 Å². The van der Waals surface area contributed by atoms with Gasteiger partial charge >= 0.3 is 5.97 Å². The van der Waals surface area contributed by atoms with E-state index >= 15 is 0 Å². The number of benzene rings is 1. The smallest absolute Gasteiger partial charge is 0.322 e. The second-order valence-corrected chi connectivity index (χ2v) is 6.91. The molecule has 0 aromatic heterocycles. The molecule has 1 aromatic rings. The van der Waals surface area contributed by atoms with Gasteiger partial charge in [0.05, 0.1) is 5.25 Å². The van der Waals surface area contributed by atoms with Gasteiger partial charge < -0.3 is 5.11 Å². The number of hydrogen-bond acceptors (Lipinski definition) is 3. The van der Waals surface area contributed by atoms with Gasteiger partial charge in [-0.2, -0.15) is 4.31 Å². The third-order valence-corrected chi connectivity index (χ3v) is 5.79. The van der Waals surface area contributed by atoms with Crippen LogP contribution in [0.1, 0.15) is 30.6 Å². The fourth-order valence-electron chi connectivity index (χ4n) is 2.39. The van der Waals surface area contributed by atoms with E-state index in [1.165, 1.54) is 0 Å². The summed E-state index contributed by atoms with van der Waals surface area (Å²) in [6.45, 7) is 1.89. The molecule has 1 heterocycles. The van der Waals surface area contributed by atoms with Crippen molar-refractivity contribution in [1.29, 1.82) is 0 Å². The molecule has 104 valence electrons. The van der Waals surface area contributed by atoms with E-state index in [9.17, 15) is 13.2 Å². The Bertz CT molecular complexity index is 555. The molecule has 19 heavy (non-hydrogen) atoms. The molecule has 1 saturated heterocycles. The Labute approximate surface area is 112 Å². The van der Waals surface area contributed by atoms with Crippen LogP contribution in [0.5, 0.6) is 0 Å². The number of nitrogens with zero attached hydrogens (tertiary/aromatic N) is 1. The van der Waals surface area contributed by atoms with Gasteiger partial charge in [0.25, 0.3) is 0 Å². The van der Waals surface area contributed by atoms with Crippen LogP contribution in [-0.4, -0.2) is 36.4 Å². The minimum absolute atomic E-state index is 0.288. The maximum Gasteiger partial charge on any atom is 0.322 e. The van der Waals surface area contributed by atoms with Crippen molar-refractivity contribution < 1.29 is 18.3 Å². The summed E-state index contributed by atoms with van der Waals surface area (Å²) in [6, 6.07) is 7.94. The van der Waals surface area contributed by atoms with Crippen LogP contribution in [0, 0.1) is 0 Å². The normalized spacial score (nSPS) is 22.3. The largest absolute Gasteiger partial charge is 0.480 e. The molecule has 0 radical (unpaired) electrons. The maximum atomic E-state index is 12.5. The molecule has 2 unspecified atom stereocenters. The highest BCUT2D eigenvalue weighted by molar-refractivity contribution is 7.89. The number of sulfonamides is 1. The molecule has 2 atom stereocenters. The van der Waals surface area contributed by atoms with Crippen molar-refractivity contribution in [2.45, 2.75) is 31.1 Å².